The predicted octanol–water partition coefficient (Wildman–Crippen LogP) is 22.7. The van der Waals surface area contributed by atoms with Gasteiger partial charge in [0.2, 0.25) is 0 Å². The van der Waals surface area contributed by atoms with Crippen molar-refractivity contribution in [3.63, 3.8) is 0 Å². The van der Waals surface area contributed by atoms with Crippen molar-refractivity contribution in [3.8, 4) is 112 Å². The fourth-order valence-corrected chi connectivity index (χ4v) is 15.1. The zero-order valence-corrected chi connectivity index (χ0v) is 56.0. The molecule has 0 aliphatic carbocycles. The van der Waals surface area contributed by atoms with Crippen LogP contribution in [0.5, 0.6) is 0 Å². The minimum absolute atomic E-state index is 0.806. The Labute approximate surface area is 593 Å². The monoisotopic (exact) mass is 1340 g/mol. The molecular formula is C89H53N11S2. The maximum absolute atomic E-state index is 5.25. The highest BCUT2D eigenvalue weighted by molar-refractivity contribution is 7.00. The van der Waals surface area contributed by atoms with Crippen molar-refractivity contribution in [2.75, 3.05) is 0 Å². The third-order valence-electron chi connectivity index (χ3n) is 19.0. The lowest BCUT2D eigenvalue weighted by Gasteiger charge is -2.13. The Hall–Kier alpha value is -13.3. The highest BCUT2D eigenvalue weighted by Crippen LogP contribution is 2.44. The molecule has 20 rings (SSSR count). The molecule has 102 heavy (non-hydrogen) atoms. The van der Waals surface area contributed by atoms with Crippen LogP contribution in [0.3, 0.4) is 0 Å². The average Bonchev–Trinajstić information content (AvgIpc) is 1.24. The van der Waals surface area contributed by atoms with Gasteiger partial charge in [-0.1, -0.05) is 237 Å². The third-order valence-corrected chi connectivity index (χ3v) is 20.1. The van der Waals surface area contributed by atoms with Gasteiger partial charge in [0.25, 0.3) is 0 Å². The maximum atomic E-state index is 5.25. The first-order valence-electron chi connectivity index (χ1n) is 33.5. The van der Waals surface area contributed by atoms with E-state index >= 15 is 0 Å². The summed E-state index contributed by atoms with van der Waals surface area (Å²) in [5.41, 5.74) is 27.2. The highest BCUT2D eigenvalue weighted by atomic mass is 32.1. The largest absolute Gasteiger partial charge is 0.255 e. The van der Waals surface area contributed by atoms with Crippen LogP contribution in [0, 0.1) is 0 Å². The molecule has 20 aromatic rings. The molecule has 0 aliphatic rings. The van der Waals surface area contributed by atoms with Gasteiger partial charge in [-0.2, -0.15) is 17.5 Å². The molecular weight excluding hydrogens is 1290 g/mol. The molecule has 0 unspecified atom stereocenters. The molecule has 0 atom stereocenters. The quantitative estimate of drug-likeness (QED) is 0.121. The molecule has 476 valence electrons. The van der Waals surface area contributed by atoms with Crippen LogP contribution in [-0.4, -0.2) is 52.4 Å². The molecule has 0 bridgehead atoms. The summed E-state index contributed by atoms with van der Waals surface area (Å²) in [6.07, 6.45) is 3.59. The molecule has 0 N–H and O–H groups in total. The number of hydrogen-bond acceptors (Lipinski definition) is 13. The van der Waals surface area contributed by atoms with Gasteiger partial charge in [-0.15, -0.1) is 0 Å². The van der Waals surface area contributed by atoms with Crippen LogP contribution in [0.25, 0.3) is 200 Å². The summed E-state index contributed by atoms with van der Waals surface area (Å²) in [6.45, 7) is 0. The molecule has 11 aromatic carbocycles. The van der Waals surface area contributed by atoms with Gasteiger partial charge in [0.05, 0.1) is 91.1 Å². The van der Waals surface area contributed by atoms with Crippen LogP contribution in [-0.2, 0) is 0 Å². The summed E-state index contributed by atoms with van der Waals surface area (Å²) in [5.74, 6) is 0. The van der Waals surface area contributed by atoms with Crippen LogP contribution in [0.15, 0.2) is 322 Å². The van der Waals surface area contributed by atoms with Crippen molar-refractivity contribution in [1.29, 1.82) is 0 Å². The van der Waals surface area contributed by atoms with E-state index in [0.29, 0.717) is 0 Å². The zero-order chi connectivity index (χ0) is 67.5. The van der Waals surface area contributed by atoms with Crippen molar-refractivity contribution in [1.82, 2.24) is 52.4 Å². The number of pyridine rings is 7. The number of fused-ring (bicyclic) bond motifs is 13. The number of hydrogen-bond donors (Lipinski definition) is 0. The molecule has 13 heteroatoms. The van der Waals surface area contributed by atoms with E-state index in [1.54, 1.807) is 12.4 Å². The summed E-state index contributed by atoms with van der Waals surface area (Å²) < 4.78 is 19.2. The summed E-state index contributed by atoms with van der Waals surface area (Å²) in [5, 5.41) is 8.57. The number of para-hydroxylation sites is 2. The number of benzene rings is 11. The molecule has 0 radical (unpaired) electrons. The Balaban J connectivity index is 0.000000142. The molecule has 9 aromatic heterocycles. The van der Waals surface area contributed by atoms with Crippen LogP contribution in [0.4, 0.5) is 0 Å². The Bertz CT molecular complexity index is 6520. The molecule has 0 fully saturated rings. The summed E-state index contributed by atoms with van der Waals surface area (Å²) in [6, 6.07) is 107. The second-order valence-electron chi connectivity index (χ2n) is 25.1. The predicted molar refractivity (Wildman–Crippen MR) is 419 cm³/mol. The zero-order valence-electron chi connectivity index (χ0n) is 54.3. The van der Waals surface area contributed by atoms with E-state index in [4.69, 9.17) is 42.4 Å². The van der Waals surface area contributed by atoms with Gasteiger partial charge in [0.1, 0.15) is 22.1 Å². The van der Waals surface area contributed by atoms with E-state index in [-0.39, 0.29) is 0 Å². The molecule has 0 spiro atoms. The topological polar surface area (TPSA) is 142 Å². The normalized spacial score (nSPS) is 11.5. The van der Waals surface area contributed by atoms with E-state index in [0.717, 1.165) is 200 Å². The highest BCUT2D eigenvalue weighted by Gasteiger charge is 2.22. The summed E-state index contributed by atoms with van der Waals surface area (Å²) in [7, 11) is 0. The molecule has 0 saturated carbocycles. The van der Waals surface area contributed by atoms with Gasteiger partial charge in [0, 0.05) is 88.9 Å². The van der Waals surface area contributed by atoms with E-state index in [9.17, 15) is 0 Å². The van der Waals surface area contributed by atoms with Crippen LogP contribution < -0.4 is 0 Å². The van der Waals surface area contributed by atoms with Gasteiger partial charge in [0.15, 0.2) is 0 Å². The average molecular weight is 1340 g/mol. The first-order chi connectivity index (χ1) is 50.5. The second kappa shape index (κ2) is 25.5. The lowest BCUT2D eigenvalue weighted by molar-refractivity contribution is 1.22. The van der Waals surface area contributed by atoms with Crippen molar-refractivity contribution in [2.45, 2.75) is 0 Å². The molecule has 0 amide bonds. The summed E-state index contributed by atoms with van der Waals surface area (Å²) in [4.78, 5) is 34.8. The fraction of sp³-hybridized carbons (Fsp3) is 0. The van der Waals surface area contributed by atoms with Crippen molar-refractivity contribution < 1.29 is 0 Å². The van der Waals surface area contributed by atoms with Crippen LogP contribution in [0.1, 0.15) is 0 Å². The van der Waals surface area contributed by atoms with Crippen LogP contribution in [0.2, 0.25) is 0 Å². The Kier molecular flexibility index (Phi) is 15.0. The van der Waals surface area contributed by atoms with E-state index in [1.807, 2.05) is 78.9 Å². The Morgan fingerprint density at radius 2 is 0.569 bits per heavy atom. The van der Waals surface area contributed by atoms with Gasteiger partial charge in [-0.05, 0) is 106 Å². The molecule has 0 aliphatic heterocycles. The smallest absolute Gasteiger partial charge is 0.114 e. The number of rotatable bonds is 10. The van der Waals surface area contributed by atoms with E-state index < -0.39 is 0 Å². The van der Waals surface area contributed by atoms with Crippen molar-refractivity contribution in [2.24, 2.45) is 0 Å². The summed E-state index contributed by atoms with van der Waals surface area (Å²) >= 11 is 2.51. The van der Waals surface area contributed by atoms with Gasteiger partial charge < -0.3 is 0 Å². The van der Waals surface area contributed by atoms with E-state index in [1.165, 1.54) is 23.5 Å². The minimum atomic E-state index is 0.806. The lowest BCUT2D eigenvalue weighted by Crippen LogP contribution is -1.94. The Morgan fingerprint density at radius 1 is 0.206 bits per heavy atom. The lowest BCUT2D eigenvalue weighted by atomic mass is 9.93. The Morgan fingerprint density at radius 3 is 1.01 bits per heavy atom. The minimum Gasteiger partial charge on any atom is -0.255 e. The molecule has 11 nitrogen and oxygen atoms in total. The first kappa shape index (κ1) is 59.9. The molecule has 0 saturated heterocycles. The van der Waals surface area contributed by atoms with Crippen molar-refractivity contribution in [3.05, 3.63) is 322 Å². The standard InChI is InChI=1S/C46H28N6S.C43H25N5S/c1-2-10-32(11-3-1)36-28-37-43(46-45(36)51-53-52-46)35-12-4-5-13-38(35)50-44(37)33-22-20-30(21-23-33)29-16-18-31(19-17-29)34-26-41(39-14-6-8-24-47-39)49-42(27-34)40-15-7-9-25-48-40;1-3-9-26(10-4-1)33-25-34-38(43-42(33)47-49-48-43)32-13-7-8-14-37(32)46-39(34)29-17-15-28(16-18-29)36-24-22-31-20-19-30-21-23-35(27-11-5-2-6-12-27)44-40(30)41(31)45-36/h1-28H;1-25H. The SMILES string of the molecule is c1ccc(-c2cc3c(-c4ccc(-c5ccc(-c6cc(-c7ccccn7)nc(-c7ccccn7)c6)cc5)cc4)nc4ccccc4c3c3nsnc23)cc1.c1ccc(-c2ccc3ccc4ccc(-c5ccc(-c6nc7ccccc7c7c6cc(-c6ccccc6)c6nsnc67)cc5)nc4c3n2)cc1. The van der Waals surface area contributed by atoms with Gasteiger partial charge >= 0.3 is 0 Å². The van der Waals surface area contributed by atoms with Crippen molar-refractivity contribution >= 4 is 111 Å². The molecule has 9 heterocycles. The van der Waals surface area contributed by atoms with E-state index in [2.05, 4.69) is 240 Å². The number of nitrogens with zero attached hydrogens (tertiary/aromatic N) is 11. The number of aromatic nitrogens is 11. The fourth-order valence-electron chi connectivity index (χ4n) is 14.0. The second-order valence-corrected chi connectivity index (χ2v) is 26.1. The first-order valence-corrected chi connectivity index (χ1v) is 35.0. The maximum Gasteiger partial charge on any atom is 0.114 e. The van der Waals surface area contributed by atoms with Crippen LogP contribution >= 0.6 is 23.5 Å². The van der Waals surface area contributed by atoms with Gasteiger partial charge in [-0.3, -0.25) is 9.97 Å². The third kappa shape index (κ3) is 10.9. The van der Waals surface area contributed by atoms with Gasteiger partial charge in [-0.25, -0.2) is 24.9 Å².